The van der Waals surface area contributed by atoms with Gasteiger partial charge < -0.3 is 14.8 Å². The highest BCUT2D eigenvalue weighted by Crippen LogP contribution is 2.34. The Labute approximate surface area is 168 Å². The highest BCUT2D eigenvalue weighted by molar-refractivity contribution is 7.83. The third kappa shape index (κ3) is 3.49. The van der Waals surface area contributed by atoms with Crippen molar-refractivity contribution in [1.82, 2.24) is 9.78 Å². The number of ether oxygens (including phenoxy) is 2. The van der Waals surface area contributed by atoms with Crippen LogP contribution in [0.25, 0.3) is 5.69 Å². The van der Waals surface area contributed by atoms with Crippen LogP contribution in [0, 0.1) is 5.82 Å². The maximum absolute atomic E-state index is 13.3. The summed E-state index contributed by atoms with van der Waals surface area (Å²) >= 11 is 0. The zero-order valence-corrected chi connectivity index (χ0v) is 16.6. The Balaban J connectivity index is 1.79. The molecule has 0 radical (unpaired) electrons. The first-order valence-electron chi connectivity index (χ1n) is 8.76. The molecule has 3 aromatic rings. The summed E-state index contributed by atoms with van der Waals surface area (Å²) in [6.07, 6.45) is 0. The molecule has 1 aromatic heterocycles. The number of anilines is 1. The summed E-state index contributed by atoms with van der Waals surface area (Å²) in [5.41, 5.74) is 2.16. The number of methoxy groups -OCH3 is 2. The number of carbonyl (C=O) groups excluding carboxylic acids is 1. The van der Waals surface area contributed by atoms with Crippen LogP contribution in [0.3, 0.4) is 0 Å². The van der Waals surface area contributed by atoms with Crippen LogP contribution in [0.5, 0.6) is 11.5 Å². The minimum absolute atomic E-state index is 0.234. The Morgan fingerprint density at radius 3 is 2.38 bits per heavy atom. The molecule has 0 bridgehead atoms. The third-order valence-electron chi connectivity index (χ3n) is 4.63. The summed E-state index contributed by atoms with van der Waals surface area (Å²) in [6.45, 7) is 0. The second kappa shape index (κ2) is 7.67. The molecule has 150 valence electrons. The topological polar surface area (TPSA) is 82.4 Å². The number of rotatable bonds is 5. The quantitative estimate of drug-likeness (QED) is 0.693. The molecule has 0 fully saturated rings. The predicted molar refractivity (Wildman–Crippen MR) is 107 cm³/mol. The van der Waals surface area contributed by atoms with E-state index in [0.717, 1.165) is 0 Å². The van der Waals surface area contributed by atoms with Gasteiger partial charge >= 0.3 is 0 Å². The van der Waals surface area contributed by atoms with Crippen LogP contribution in [0.4, 0.5) is 10.2 Å². The normalized spacial score (nSPS) is 15.1. The van der Waals surface area contributed by atoms with Gasteiger partial charge in [-0.05, 0) is 36.4 Å². The molecular weight excluding hydrogens is 397 g/mol. The minimum Gasteiger partial charge on any atom is -0.496 e. The number of halogens is 1. The van der Waals surface area contributed by atoms with E-state index in [1.54, 1.807) is 30.3 Å². The maximum atomic E-state index is 13.3. The summed E-state index contributed by atoms with van der Waals surface area (Å²) in [7, 11) is 1.86. The highest BCUT2D eigenvalue weighted by Gasteiger charge is 2.29. The van der Waals surface area contributed by atoms with E-state index in [2.05, 4.69) is 10.4 Å². The summed E-state index contributed by atoms with van der Waals surface area (Å²) in [6, 6.07) is 10.8. The van der Waals surface area contributed by atoms with Gasteiger partial charge in [0.2, 0.25) is 0 Å². The Bertz CT molecular complexity index is 1090. The average Bonchev–Trinajstić information content (AvgIpc) is 3.24. The fourth-order valence-corrected chi connectivity index (χ4v) is 4.53. The van der Waals surface area contributed by atoms with Gasteiger partial charge in [0, 0.05) is 16.4 Å². The molecule has 4 rings (SSSR count). The lowest BCUT2D eigenvalue weighted by atomic mass is 10.1. The summed E-state index contributed by atoms with van der Waals surface area (Å²) < 4.78 is 37.5. The fourth-order valence-electron chi connectivity index (χ4n) is 3.27. The van der Waals surface area contributed by atoms with E-state index in [1.165, 1.54) is 31.0 Å². The molecule has 0 saturated heterocycles. The molecule has 1 aliphatic rings. The lowest BCUT2D eigenvalue weighted by Crippen LogP contribution is -2.18. The largest absolute Gasteiger partial charge is 0.496 e. The SMILES string of the molecule is COc1cccc(OC)c1C(=O)Nc1c2c(nn1-c1ccc(F)cc1)C[S@](=O)C2. The maximum Gasteiger partial charge on any atom is 0.264 e. The van der Waals surface area contributed by atoms with E-state index in [1.807, 2.05) is 0 Å². The Morgan fingerprint density at radius 1 is 1.10 bits per heavy atom. The first kappa shape index (κ1) is 19.1. The minimum atomic E-state index is -1.07. The molecule has 9 heteroatoms. The zero-order chi connectivity index (χ0) is 20.5. The van der Waals surface area contributed by atoms with Crippen LogP contribution >= 0.6 is 0 Å². The van der Waals surface area contributed by atoms with Crippen molar-refractivity contribution in [2.45, 2.75) is 11.5 Å². The summed E-state index contributed by atoms with van der Waals surface area (Å²) in [5, 5.41) is 7.36. The van der Waals surface area contributed by atoms with Crippen LogP contribution in [0.2, 0.25) is 0 Å². The molecule has 1 N–H and O–H groups in total. The zero-order valence-electron chi connectivity index (χ0n) is 15.8. The average molecular weight is 415 g/mol. The number of hydrogen-bond acceptors (Lipinski definition) is 5. The van der Waals surface area contributed by atoms with Gasteiger partial charge in [-0.1, -0.05) is 6.07 Å². The van der Waals surface area contributed by atoms with Gasteiger partial charge in [0.05, 0.1) is 37.1 Å². The van der Waals surface area contributed by atoms with Crippen LogP contribution in [0.1, 0.15) is 21.6 Å². The molecule has 2 aromatic carbocycles. The van der Waals surface area contributed by atoms with Gasteiger partial charge in [0.25, 0.3) is 5.91 Å². The molecule has 7 nitrogen and oxygen atoms in total. The lowest BCUT2D eigenvalue weighted by molar-refractivity contribution is 0.102. The van der Waals surface area contributed by atoms with E-state index in [9.17, 15) is 13.4 Å². The first-order valence-corrected chi connectivity index (χ1v) is 10.2. The monoisotopic (exact) mass is 415 g/mol. The Hall–Kier alpha value is -3.20. The van der Waals surface area contributed by atoms with E-state index in [4.69, 9.17) is 9.47 Å². The Morgan fingerprint density at radius 2 is 1.76 bits per heavy atom. The second-order valence-corrected chi connectivity index (χ2v) is 7.84. The molecule has 1 aliphatic heterocycles. The molecule has 29 heavy (non-hydrogen) atoms. The van der Waals surface area contributed by atoms with E-state index in [0.29, 0.717) is 40.0 Å². The van der Waals surface area contributed by atoms with Crippen molar-refractivity contribution >= 4 is 22.5 Å². The van der Waals surface area contributed by atoms with E-state index < -0.39 is 16.7 Å². The van der Waals surface area contributed by atoms with E-state index >= 15 is 0 Å². The van der Waals surface area contributed by atoms with Gasteiger partial charge in [-0.25, -0.2) is 9.07 Å². The number of amides is 1. The van der Waals surface area contributed by atoms with Crippen LogP contribution in [0.15, 0.2) is 42.5 Å². The van der Waals surface area contributed by atoms with Gasteiger partial charge in [0.1, 0.15) is 28.7 Å². The van der Waals surface area contributed by atoms with Gasteiger partial charge in [-0.3, -0.25) is 9.00 Å². The molecule has 0 aliphatic carbocycles. The van der Waals surface area contributed by atoms with Crippen LogP contribution in [-0.4, -0.2) is 34.1 Å². The van der Waals surface area contributed by atoms with Crippen molar-refractivity contribution in [1.29, 1.82) is 0 Å². The summed E-state index contributed by atoms with van der Waals surface area (Å²) in [4.78, 5) is 13.1. The predicted octanol–water partition coefficient (Wildman–Crippen LogP) is 3.04. The van der Waals surface area contributed by atoms with Crippen molar-refractivity contribution < 1.29 is 22.9 Å². The molecule has 1 amide bonds. The first-order chi connectivity index (χ1) is 14.0. The molecule has 0 saturated carbocycles. The van der Waals surface area contributed by atoms with Gasteiger partial charge in [0.15, 0.2) is 0 Å². The van der Waals surface area contributed by atoms with Crippen molar-refractivity contribution in [2.24, 2.45) is 0 Å². The number of benzene rings is 2. The van der Waals surface area contributed by atoms with Gasteiger partial charge in [-0.2, -0.15) is 5.10 Å². The standard InChI is InChI=1S/C20H18FN3O4S/c1-27-16-4-3-5-17(28-2)18(16)20(25)22-19-14-10-29(26)11-15(14)23-24(19)13-8-6-12(21)7-9-13/h3-9H,10-11H2,1-2H3,(H,22,25)/t29-/m1/s1. The van der Waals surface area contributed by atoms with Crippen molar-refractivity contribution in [3.63, 3.8) is 0 Å². The molecule has 0 spiro atoms. The third-order valence-corrected chi connectivity index (χ3v) is 5.83. The van der Waals surface area contributed by atoms with E-state index in [-0.39, 0.29) is 17.1 Å². The van der Waals surface area contributed by atoms with Crippen molar-refractivity contribution in [2.75, 3.05) is 19.5 Å². The Kier molecular flexibility index (Phi) is 5.06. The number of nitrogens with zero attached hydrogens (tertiary/aromatic N) is 2. The number of carbonyl (C=O) groups is 1. The summed E-state index contributed by atoms with van der Waals surface area (Å²) in [5.74, 6) is 0.877. The smallest absolute Gasteiger partial charge is 0.264 e. The number of nitrogens with one attached hydrogen (secondary N) is 1. The molecular formula is C20H18FN3O4S. The van der Waals surface area contributed by atoms with Gasteiger partial charge in [-0.15, -0.1) is 0 Å². The molecule has 1 atom stereocenters. The van der Waals surface area contributed by atoms with Crippen LogP contribution < -0.4 is 14.8 Å². The molecule has 0 unspecified atom stereocenters. The lowest BCUT2D eigenvalue weighted by Gasteiger charge is -2.15. The number of aromatic nitrogens is 2. The number of hydrogen-bond donors (Lipinski definition) is 1. The van der Waals surface area contributed by atoms with Crippen LogP contribution in [-0.2, 0) is 22.3 Å². The van der Waals surface area contributed by atoms with Crippen molar-refractivity contribution in [3.8, 4) is 17.2 Å². The van der Waals surface area contributed by atoms with Crippen molar-refractivity contribution in [3.05, 3.63) is 65.1 Å². The number of fused-ring (bicyclic) bond motifs is 1. The second-order valence-electron chi connectivity index (χ2n) is 6.38. The highest BCUT2D eigenvalue weighted by atomic mass is 32.2. The fraction of sp³-hybridized carbons (Fsp3) is 0.200. The molecule has 2 heterocycles.